The average Bonchev–Trinajstić information content (AvgIpc) is 3.13. The van der Waals surface area contributed by atoms with Crippen LogP contribution in [0, 0.1) is 35.5 Å². The van der Waals surface area contributed by atoms with E-state index in [-0.39, 0.29) is 18.9 Å². The van der Waals surface area contributed by atoms with Gasteiger partial charge in [0.1, 0.15) is 29.5 Å². The molecule has 3 fully saturated rings. The fourth-order valence-electron chi connectivity index (χ4n) is 9.20. The Hall–Kier alpha value is -2.28. The van der Waals surface area contributed by atoms with Crippen LogP contribution in [0.15, 0.2) is 0 Å². The number of methoxy groups -OCH3 is 2. The Morgan fingerprint density at radius 1 is 0.828 bits per heavy atom. The summed E-state index contributed by atoms with van der Waals surface area (Å²) in [6, 6.07) is 0. The molecule has 58 heavy (non-hydrogen) atoms. The lowest BCUT2D eigenvalue weighted by Crippen LogP contribution is -2.59. The maximum absolute atomic E-state index is 14.6. The quantitative estimate of drug-likeness (QED) is 0.212. The standard InChI is InChI=1S/C42H72O16/c1-19-17-41(12,49)37(47)24(6)35(54-28(10)44)23(5)34(21(3)26(8)43)57-39(48)25(7)36(22(4)33(19)58-40-32(46)30(50-14)16-20(2)52-40)56-31-18-42(13,51-15)38(27(9)53-31)55-29(11)45/h19-27,30-36,38,40,43,46,49H,16-18H2,1-15H3/t19-,20?,21?,22+,23-,24+,25+,26?,27?,30?,31?,32?,33-,34+,35-,36-,38?,40?,41-,42?/m0/s1. The van der Waals surface area contributed by atoms with Crippen LogP contribution in [0.2, 0.25) is 0 Å². The SMILES string of the molecule is COC1CC(C)OC(O[C@@H]2[C@@H](C)[C@H](OC3CC(C)(OC)C(OC(C)=O)C(C)O3)[C@@H](C)C(=O)O[C@H](C(C)C(C)O)[C@H](C)[C@H](OC(C)=O)[C@@H](C)C(=O)[C@@](C)(O)C[C@@H]2C)C1O. The molecule has 0 saturated carbocycles. The zero-order valence-corrected chi connectivity index (χ0v) is 37.2. The highest BCUT2D eigenvalue weighted by Gasteiger charge is 2.53. The second-order valence-electron chi connectivity index (χ2n) is 17.7. The third-order valence-corrected chi connectivity index (χ3v) is 12.7. The van der Waals surface area contributed by atoms with Crippen molar-refractivity contribution in [2.75, 3.05) is 14.2 Å². The van der Waals surface area contributed by atoms with Crippen molar-refractivity contribution in [3.63, 3.8) is 0 Å². The molecule has 3 aliphatic rings. The van der Waals surface area contributed by atoms with E-state index in [1.807, 2.05) is 6.92 Å². The van der Waals surface area contributed by atoms with Gasteiger partial charge in [-0.15, -0.1) is 0 Å². The molecule has 16 heteroatoms. The second kappa shape index (κ2) is 20.5. The van der Waals surface area contributed by atoms with Crippen LogP contribution in [0.3, 0.4) is 0 Å². The maximum atomic E-state index is 14.6. The van der Waals surface area contributed by atoms with E-state index < -0.39 is 138 Å². The number of rotatable bonds is 10. The van der Waals surface area contributed by atoms with Crippen LogP contribution < -0.4 is 0 Å². The van der Waals surface area contributed by atoms with Crippen molar-refractivity contribution in [1.29, 1.82) is 0 Å². The molecule has 0 radical (unpaired) electrons. The Bertz CT molecular complexity index is 1390. The molecular weight excluding hydrogens is 760 g/mol. The molecule has 3 N–H and O–H groups in total. The Morgan fingerprint density at radius 2 is 1.43 bits per heavy atom. The molecule has 0 aromatic rings. The fraction of sp³-hybridized carbons (Fsp3) is 0.905. The highest BCUT2D eigenvalue weighted by Crippen LogP contribution is 2.41. The highest BCUT2D eigenvalue weighted by molar-refractivity contribution is 5.89. The number of hydrogen-bond acceptors (Lipinski definition) is 16. The summed E-state index contributed by atoms with van der Waals surface area (Å²) in [7, 11) is 2.98. The van der Waals surface area contributed by atoms with E-state index in [0.717, 1.165) is 0 Å². The van der Waals surface area contributed by atoms with E-state index in [4.69, 9.17) is 42.6 Å². The molecule has 0 aliphatic carbocycles. The van der Waals surface area contributed by atoms with E-state index in [1.54, 1.807) is 62.3 Å². The molecule has 16 nitrogen and oxygen atoms in total. The van der Waals surface area contributed by atoms with Crippen LogP contribution in [0.1, 0.15) is 109 Å². The van der Waals surface area contributed by atoms with E-state index in [9.17, 15) is 34.5 Å². The van der Waals surface area contributed by atoms with E-state index in [2.05, 4.69) is 0 Å². The Kier molecular flexibility index (Phi) is 17.7. The van der Waals surface area contributed by atoms with Crippen molar-refractivity contribution >= 4 is 23.7 Å². The van der Waals surface area contributed by atoms with Gasteiger partial charge in [0.05, 0.1) is 48.5 Å². The molecule has 20 atom stereocenters. The predicted octanol–water partition coefficient (Wildman–Crippen LogP) is 3.50. The van der Waals surface area contributed by atoms with Gasteiger partial charge in [0, 0.05) is 58.7 Å². The van der Waals surface area contributed by atoms with Crippen molar-refractivity contribution in [3.05, 3.63) is 0 Å². The molecule has 3 heterocycles. The summed E-state index contributed by atoms with van der Waals surface area (Å²) in [6.07, 6.45) is -10.8. The lowest BCUT2D eigenvalue weighted by atomic mass is 9.74. The largest absolute Gasteiger partial charge is 0.461 e. The normalized spacial score (nSPS) is 44.7. The molecule has 0 amide bonds. The Morgan fingerprint density at radius 3 is 1.97 bits per heavy atom. The van der Waals surface area contributed by atoms with Gasteiger partial charge in [-0.3, -0.25) is 19.2 Å². The monoisotopic (exact) mass is 832 g/mol. The van der Waals surface area contributed by atoms with Gasteiger partial charge >= 0.3 is 17.9 Å². The summed E-state index contributed by atoms with van der Waals surface area (Å²) in [4.78, 5) is 53.5. The minimum absolute atomic E-state index is 0.0826. The zero-order chi connectivity index (χ0) is 44.2. The van der Waals surface area contributed by atoms with Crippen molar-refractivity contribution < 1.29 is 77.1 Å². The zero-order valence-electron chi connectivity index (χ0n) is 37.2. The van der Waals surface area contributed by atoms with E-state index in [0.29, 0.717) is 6.42 Å². The third-order valence-electron chi connectivity index (χ3n) is 12.7. The molecule has 3 saturated heterocycles. The predicted molar refractivity (Wildman–Crippen MR) is 208 cm³/mol. The number of carbonyl (C=O) groups is 4. The molecule has 3 aliphatic heterocycles. The number of aliphatic hydroxyl groups excluding tert-OH is 2. The average molecular weight is 833 g/mol. The van der Waals surface area contributed by atoms with Gasteiger partial charge in [-0.1, -0.05) is 34.6 Å². The molecule has 0 spiro atoms. The van der Waals surface area contributed by atoms with Gasteiger partial charge in [0.15, 0.2) is 24.5 Å². The van der Waals surface area contributed by atoms with Crippen molar-refractivity contribution in [2.24, 2.45) is 35.5 Å². The van der Waals surface area contributed by atoms with E-state index >= 15 is 0 Å². The van der Waals surface area contributed by atoms with Crippen molar-refractivity contribution in [3.8, 4) is 0 Å². The van der Waals surface area contributed by atoms with Gasteiger partial charge in [-0.25, -0.2) is 0 Å². The van der Waals surface area contributed by atoms with Crippen LogP contribution in [0.4, 0.5) is 0 Å². The maximum Gasteiger partial charge on any atom is 0.311 e. The number of cyclic esters (lactones) is 1. The van der Waals surface area contributed by atoms with Crippen LogP contribution in [0.5, 0.6) is 0 Å². The molecule has 10 unspecified atom stereocenters. The number of hydrogen-bond donors (Lipinski definition) is 3. The van der Waals surface area contributed by atoms with Crippen LogP contribution in [0.25, 0.3) is 0 Å². The van der Waals surface area contributed by atoms with Gasteiger partial charge < -0.3 is 58.0 Å². The second-order valence-corrected chi connectivity index (χ2v) is 17.7. The summed E-state index contributed by atoms with van der Waals surface area (Å²) in [5.74, 6) is -7.59. The molecule has 336 valence electrons. The van der Waals surface area contributed by atoms with E-state index in [1.165, 1.54) is 35.0 Å². The van der Waals surface area contributed by atoms with Gasteiger partial charge in [0.2, 0.25) is 0 Å². The topological polar surface area (TPSA) is 212 Å². The van der Waals surface area contributed by atoms with Crippen molar-refractivity contribution in [2.45, 2.75) is 194 Å². The first-order valence-corrected chi connectivity index (χ1v) is 20.7. The lowest BCUT2D eigenvalue weighted by molar-refractivity contribution is -0.313. The molecule has 0 aromatic heterocycles. The summed E-state index contributed by atoms with van der Waals surface area (Å²) in [5, 5.41) is 34.2. The van der Waals surface area contributed by atoms with Crippen LogP contribution in [-0.2, 0) is 61.8 Å². The Labute approximate surface area is 344 Å². The Balaban J connectivity index is 2.24. The molecular formula is C42H72O16. The van der Waals surface area contributed by atoms with Gasteiger partial charge in [-0.2, -0.15) is 0 Å². The lowest BCUT2D eigenvalue weighted by Gasteiger charge is -2.48. The number of aliphatic hydroxyl groups is 3. The van der Waals surface area contributed by atoms with Crippen molar-refractivity contribution in [1.82, 2.24) is 0 Å². The minimum Gasteiger partial charge on any atom is -0.461 e. The highest BCUT2D eigenvalue weighted by atomic mass is 16.7. The molecule has 3 rings (SSSR count). The summed E-state index contributed by atoms with van der Waals surface area (Å²) < 4.78 is 55.0. The van der Waals surface area contributed by atoms with Crippen LogP contribution in [-0.4, -0.2) is 138 Å². The first-order chi connectivity index (χ1) is 26.8. The number of carbonyl (C=O) groups excluding carboxylic acids is 4. The van der Waals surface area contributed by atoms with Crippen LogP contribution >= 0.6 is 0 Å². The van der Waals surface area contributed by atoms with Gasteiger partial charge in [0.25, 0.3) is 0 Å². The number of ketones is 1. The first kappa shape index (κ1) is 50.1. The fourth-order valence-corrected chi connectivity index (χ4v) is 9.20. The summed E-state index contributed by atoms with van der Waals surface area (Å²) >= 11 is 0. The van der Waals surface area contributed by atoms with Gasteiger partial charge in [-0.05, 0) is 53.9 Å². The molecule has 0 aromatic carbocycles. The number of ether oxygens (including phenoxy) is 9. The first-order valence-electron chi connectivity index (χ1n) is 20.7. The molecule has 0 bridgehead atoms. The third kappa shape index (κ3) is 11.8. The summed E-state index contributed by atoms with van der Waals surface area (Å²) in [5.41, 5.74) is -3.06. The number of esters is 3. The smallest absolute Gasteiger partial charge is 0.311 e. The minimum atomic E-state index is -1.99. The number of Topliss-reactive ketones (excluding diaryl/α,β-unsaturated/α-hetero) is 1. The summed E-state index contributed by atoms with van der Waals surface area (Å²) in [6.45, 7) is 20.9.